The van der Waals surface area contributed by atoms with Gasteiger partial charge in [0.25, 0.3) is 0 Å². The summed E-state index contributed by atoms with van der Waals surface area (Å²) in [4.78, 5) is 0. The molecule has 3 rings (SSSR count). The zero-order chi connectivity index (χ0) is 14.6. The van der Waals surface area contributed by atoms with E-state index in [4.69, 9.17) is 11.6 Å². The van der Waals surface area contributed by atoms with Gasteiger partial charge < -0.3 is 28.5 Å². The van der Waals surface area contributed by atoms with Crippen LogP contribution in [0, 0.1) is 16.7 Å². The molecule has 0 spiro atoms. The Kier molecular flexibility index (Phi) is 4.75. The van der Waals surface area contributed by atoms with E-state index in [1.54, 1.807) is 0 Å². The molecule has 1 aromatic rings. The number of piperidine rings is 1. The molecule has 1 aromatic carbocycles. The summed E-state index contributed by atoms with van der Waals surface area (Å²) in [6, 6.07) is 8.34. The lowest BCUT2D eigenvalue weighted by Crippen LogP contribution is -3.00. The Bertz CT molecular complexity index is 530. The Morgan fingerprint density at radius 3 is 2.52 bits per heavy atom. The molecule has 1 nitrogen and oxygen atoms in total. The van der Waals surface area contributed by atoms with E-state index in [2.05, 4.69) is 40.0 Å². The maximum atomic E-state index is 6.37. The summed E-state index contributed by atoms with van der Waals surface area (Å²) >= 11 is 6.37. The normalized spacial score (nSPS) is 37.1. The van der Waals surface area contributed by atoms with Crippen molar-refractivity contribution >= 4 is 11.6 Å². The van der Waals surface area contributed by atoms with Gasteiger partial charge in [-0.3, -0.25) is 0 Å². The van der Waals surface area contributed by atoms with E-state index in [1.165, 1.54) is 31.5 Å². The number of hydrogen-bond donors (Lipinski definition) is 0. The number of likely N-dealkylation sites (tertiary alicyclic amines) is 1. The maximum absolute atomic E-state index is 6.37. The zero-order valence-electron chi connectivity index (χ0n) is 13.6. The number of fused-ring (bicyclic) bond motifs is 2. The molecule has 2 aliphatic rings. The van der Waals surface area contributed by atoms with Crippen molar-refractivity contribution in [3.05, 3.63) is 34.9 Å². The summed E-state index contributed by atoms with van der Waals surface area (Å²) in [5, 5.41) is 0.925. The van der Waals surface area contributed by atoms with Crippen LogP contribution in [0.15, 0.2) is 24.3 Å². The smallest absolute Gasteiger partial charge is 0.106 e. The molecule has 0 amide bonds. The van der Waals surface area contributed by atoms with Crippen molar-refractivity contribution in [1.82, 2.24) is 0 Å². The molecule has 118 valence electrons. The van der Waals surface area contributed by atoms with Crippen molar-refractivity contribution in [2.75, 3.05) is 20.1 Å². The lowest BCUT2D eigenvalue weighted by Gasteiger charge is -2.54. The fraction of sp³-hybridized carbons (Fsp3) is 0.667. The summed E-state index contributed by atoms with van der Waals surface area (Å²) in [6.45, 7) is 11.1. The van der Waals surface area contributed by atoms with Gasteiger partial charge in [-0.2, -0.15) is 0 Å². The quantitative estimate of drug-likeness (QED) is 0.506. The Morgan fingerprint density at radius 2 is 1.90 bits per heavy atom. The van der Waals surface area contributed by atoms with Gasteiger partial charge in [-0.15, -0.1) is 0 Å². The molecule has 1 heterocycles. The fourth-order valence-electron chi connectivity index (χ4n) is 4.87. The Hall–Kier alpha value is 0.200. The van der Waals surface area contributed by atoms with Gasteiger partial charge in [-0.05, 0) is 24.3 Å². The Morgan fingerprint density at radius 1 is 1.24 bits per heavy atom. The first-order valence-corrected chi connectivity index (χ1v) is 8.21. The molecule has 1 saturated carbocycles. The lowest BCUT2D eigenvalue weighted by atomic mass is 9.62. The summed E-state index contributed by atoms with van der Waals surface area (Å²) in [5.41, 5.74) is 2.27. The van der Waals surface area contributed by atoms with Crippen LogP contribution in [0.25, 0.3) is 0 Å². The molecule has 3 unspecified atom stereocenters. The van der Waals surface area contributed by atoms with Crippen molar-refractivity contribution in [3.63, 3.8) is 0 Å². The number of hydrogen-bond acceptors (Lipinski definition) is 0. The molecule has 1 saturated heterocycles. The third-order valence-corrected chi connectivity index (χ3v) is 6.89. The molecular weight excluding hydrogens is 393 g/mol. The van der Waals surface area contributed by atoms with E-state index >= 15 is 0 Å². The second-order valence-corrected chi connectivity index (χ2v) is 8.63. The van der Waals surface area contributed by atoms with Gasteiger partial charge in [-0.1, -0.05) is 50.6 Å². The monoisotopic (exact) mass is 419 g/mol. The van der Waals surface area contributed by atoms with Crippen molar-refractivity contribution in [1.29, 1.82) is 0 Å². The number of quaternary nitrogens is 1. The van der Waals surface area contributed by atoms with Crippen LogP contribution in [0.2, 0.25) is 5.02 Å². The first kappa shape index (κ1) is 17.6. The van der Waals surface area contributed by atoms with E-state index in [1.807, 2.05) is 12.1 Å². The molecule has 0 radical (unpaired) electrons. The molecule has 21 heavy (non-hydrogen) atoms. The summed E-state index contributed by atoms with van der Waals surface area (Å²) in [7, 11) is 2.43. The van der Waals surface area contributed by atoms with Gasteiger partial charge in [0, 0.05) is 21.9 Å². The van der Waals surface area contributed by atoms with Crippen molar-refractivity contribution < 1.29 is 28.5 Å². The highest BCUT2D eigenvalue weighted by molar-refractivity contribution is 6.31. The fourth-order valence-corrected chi connectivity index (χ4v) is 5.06. The topological polar surface area (TPSA) is 0 Å². The minimum Gasteiger partial charge on any atom is -1.00 e. The van der Waals surface area contributed by atoms with E-state index in [9.17, 15) is 0 Å². The molecule has 0 N–H and O–H groups in total. The standard InChI is InChI=1S/C18H27ClN.HI/c1-17(2)15-9-10-18(17,3)13-20(4,12-15)11-14-7-5-6-8-16(14)19;/h5-8,15H,9-13H2,1-4H3;1H/q+1;/p-1. The Balaban J connectivity index is 0.00000161. The SMILES string of the molecule is CC12CCC(C[N+](C)(Cc3ccccc3Cl)C1)C2(C)C.[I-]. The van der Waals surface area contributed by atoms with E-state index in [0.29, 0.717) is 10.8 Å². The van der Waals surface area contributed by atoms with Gasteiger partial charge in [-0.25, -0.2) is 0 Å². The predicted molar refractivity (Wildman–Crippen MR) is 85.7 cm³/mol. The third-order valence-electron chi connectivity index (χ3n) is 6.52. The van der Waals surface area contributed by atoms with Crippen molar-refractivity contribution in [2.24, 2.45) is 16.7 Å². The van der Waals surface area contributed by atoms with Gasteiger partial charge in [0.15, 0.2) is 0 Å². The predicted octanol–water partition coefficient (Wildman–Crippen LogP) is 1.75. The third kappa shape index (κ3) is 2.88. The second kappa shape index (κ2) is 5.68. The molecule has 2 bridgehead atoms. The van der Waals surface area contributed by atoms with Gasteiger partial charge >= 0.3 is 0 Å². The van der Waals surface area contributed by atoms with Crippen molar-refractivity contribution in [2.45, 2.75) is 40.2 Å². The maximum Gasteiger partial charge on any atom is 0.106 e. The number of halogens is 2. The molecular formula is C18H27ClIN. The van der Waals surface area contributed by atoms with Crippen LogP contribution >= 0.6 is 11.6 Å². The molecule has 1 aliphatic carbocycles. The van der Waals surface area contributed by atoms with Crippen LogP contribution in [0.5, 0.6) is 0 Å². The van der Waals surface area contributed by atoms with E-state index in [0.717, 1.165) is 22.0 Å². The number of benzene rings is 1. The average Bonchev–Trinajstić information content (AvgIpc) is 2.49. The molecule has 3 heteroatoms. The highest BCUT2D eigenvalue weighted by Crippen LogP contribution is 2.60. The van der Waals surface area contributed by atoms with Gasteiger partial charge in [0.2, 0.25) is 0 Å². The van der Waals surface area contributed by atoms with Gasteiger partial charge in [0.05, 0.1) is 20.1 Å². The molecule has 2 fully saturated rings. The highest BCUT2D eigenvalue weighted by Gasteiger charge is 2.60. The van der Waals surface area contributed by atoms with Crippen LogP contribution in [-0.2, 0) is 6.54 Å². The molecule has 1 aliphatic heterocycles. The van der Waals surface area contributed by atoms with Crippen LogP contribution < -0.4 is 24.0 Å². The first-order valence-electron chi connectivity index (χ1n) is 7.83. The van der Waals surface area contributed by atoms with E-state index in [-0.39, 0.29) is 24.0 Å². The summed E-state index contributed by atoms with van der Waals surface area (Å²) in [6.07, 6.45) is 2.79. The minimum atomic E-state index is 0. The zero-order valence-corrected chi connectivity index (χ0v) is 16.5. The lowest BCUT2D eigenvalue weighted by molar-refractivity contribution is -0.938. The highest BCUT2D eigenvalue weighted by atomic mass is 127. The summed E-state index contributed by atoms with van der Waals surface area (Å²) < 4.78 is 1.15. The number of nitrogens with zero attached hydrogens (tertiary/aromatic N) is 1. The van der Waals surface area contributed by atoms with E-state index < -0.39 is 0 Å². The first-order chi connectivity index (χ1) is 9.26. The number of rotatable bonds is 2. The summed E-state index contributed by atoms with van der Waals surface area (Å²) in [5.74, 6) is 0.855. The largest absolute Gasteiger partial charge is 1.00 e. The van der Waals surface area contributed by atoms with Crippen LogP contribution in [-0.4, -0.2) is 24.6 Å². The Labute approximate surface area is 151 Å². The van der Waals surface area contributed by atoms with Crippen LogP contribution in [0.4, 0.5) is 0 Å². The molecule has 3 atom stereocenters. The second-order valence-electron chi connectivity index (χ2n) is 8.23. The minimum absolute atomic E-state index is 0. The molecule has 0 aromatic heterocycles. The average molecular weight is 420 g/mol. The van der Waals surface area contributed by atoms with Crippen LogP contribution in [0.1, 0.15) is 39.2 Å². The van der Waals surface area contributed by atoms with Crippen molar-refractivity contribution in [3.8, 4) is 0 Å². The van der Waals surface area contributed by atoms with Crippen LogP contribution in [0.3, 0.4) is 0 Å². The van der Waals surface area contributed by atoms with Gasteiger partial charge in [0.1, 0.15) is 6.54 Å².